The van der Waals surface area contributed by atoms with Gasteiger partial charge in [-0.1, -0.05) is 34.1 Å². The summed E-state index contributed by atoms with van der Waals surface area (Å²) >= 11 is 3.33. The van der Waals surface area contributed by atoms with Gasteiger partial charge in [-0.25, -0.2) is 4.68 Å². The molecular formula is C22H19BrN4O3. The standard InChI is InChI=1S/C22H19BrN4O3/c1-14-12-15-4-2-3-5-19(15)27(14)22(30)18-10-11-21(29)26(25-18)13-20(28)24-17-8-6-16(23)7-9-17/h2-11,14H,12-13H2,1H3,(H,24,28)/t14-/m0/s1. The minimum Gasteiger partial charge on any atom is -0.324 e. The van der Waals surface area contributed by atoms with Crippen LogP contribution in [0.5, 0.6) is 0 Å². The lowest BCUT2D eigenvalue weighted by molar-refractivity contribution is -0.117. The zero-order valence-corrected chi connectivity index (χ0v) is 17.8. The number of rotatable bonds is 4. The van der Waals surface area contributed by atoms with Crippen molar-refractivity contribution >= 4 is 39.1 Å². The second kappa shape index (κ2) is 8.23. The fourth-order valence-corrected chi connectivity index (χ4v) is 3.81. The van der Waals surface area contributed by atoms with E-state index >= 15 is 0 Å². The van der Waals surface area contributed by atoms with E-state index in [1.807, 2.05) is 31.2 Å². The first kappa shape index (κ1) is 20.0. The van der Waals surface area contributed by atoms with Gasteiger partial charge in [0.25, 0.3) is 11.5 Å². The zero-order chi connectivity index (χ0) is 21.3. The van der Waals surface area contributed by atoms with Crippen molar-refractivity contribution < 1.29 is 9.59 Å². The van der Waals surface area contributed by atoms with E-state index in [-0.39, 0.29) is 24.2 Å². The predicted octanol–water partition coefficient (Wildman–Crippen LogP) is 3.24. The number of aromatic nitrogens is 2. The van der Waals surface area contributed by atoms with Crippen molar-refractivity contribution in [2.75, 3.05) is 10.2 Å². The first-order valence-electron chi connectivity index (χ1n) is 9.47. The molecule has 1 aromatic heterocycles. The van der Waals surface area contributed by atoms with Gasteiger partial charge in [-0.3, -0.25) is 14.4 Å². The third-order valence-corrected chi connectivity index (χ3v) is 5.46. The highest BCUT2D eigenvalue weighted by atomic mass is 79.9. The molecule has 152 valence electrons. The maximum atomic E-state index is 13.1. The molecule has 0 bridgehead atoms. The van der Waals surface area contributed by atoms with Gasteiger partial charge < -0.3 is 10.2 Å². The third-order valence-electron chi connectivity index (χ3n) is 4.93. The van der Waals surface area contributed by atoms with E-state index in [9.17, 15) is 14.4 Å². The van der Waals surface area contributed by atoms with Gasteiger partial charge in [0.05, 0.1) is 0 Å². The second-order valence-electron chi connectivity index (χ2n) is 7.13. The van der Waals surface area contributed by atoms with E-state index in [1.165, 1.54) is 12.1 Å². The van der Waals surface area contributed by atoms with Crippen LogP contribution in [-0.4, -0.2) is 27.6 Å². The Kier molecular flexibility index (Phi) is 5.50. The van der Waals surface area contributed by atoms with Crippen LogP contribution >= 0.6 is 15.9 Å². The second-order valence-corrected chi connectivity index (χ2v) is 8.04. The number of amides is 2. The number of hydrogen-bond donors (Lipinski definition) is 1. The summed E-state index contributed by atoms with van der Waals surface area (Å²) in [6.07, 6.45) is 0.761. The Labute approximate surface area is 181 Å². The quantitative estimate of drug-likeness (QED) is 0.639. The average Bonchev–Trinajstić information content (AvgIpc) is 3.06. The van der Waals surface area contributed by atoms with E-state index in [2.05, 4.69) is 26.3 Å². The lowest BCUT2D eigenvalue weighted by atomic mass is 10.1. The van der Waals surface area contributed by atoms with Gasteiger partial charge >= 0.3 is 0 Å². The van der Waals surface area contributed by atoms with E-state index in [0.29, 0.717) is 5.69 Å². The molecule has 0 saturated heterocycles. The summed E-state index contributed by atoms with van der Waals surface area (Å²) in [5.41, 5.74) is 2.22. The van der Waals surface area contributed by atoms with Gasteiger partial charge in [0.2, 0.25) is 5.91 Å². The fraction of sp³-hybridized carbons (Fsp3) is 0.182. The highest BCUT2D eigenvalue weighted by Gasteiger charge is 2.32. The van der Waals surface area contributed by atoms with Crippen LogP contribution in [0.15, 0.2) is 69.9 Å². The number of carbonyl (C=O) groups is 2. The molecule has 4 rings (SSSR count). The number of fused-ring (bicyclic) bond motifs is 1. The Morgan fingerprint density at radius 1 is 1.10 bits per heavy atom. The SMILES string of the molecule is C[C@H]1Cc2ccccc2N1C(=O)c1ccc(=O)n(CC(=O)Nc2ccc(Br)cc2)n1. The summed E-state index contributed by atoms with van der Waals surface area (Å²) in [4.78, 5) is 39.4. The Morgan fingerprint density at radius 3 is 2.60 bits per heavy atom. The molecule has 2 amide bonds. The maximum absolute atomic E-state index is 13.1. The molecule has 3 aromatic rings. The van der Waals surface area contributed by atoms with Crippen LogP contribution in [0.3, 0.4) is 0 Å². The Balaban J connectivity index is 1.54. The summed E-state index contributed by atoms with van der Waals surface area (Å²) in [7, 11) is 0. The van der Waals surface area contributed by atoms with E-state index < -0.39 is 11.5 Å². The molecule has 0 unspecified atom stereocenters. The van der Waals surface area contributed by atoms with Gasteiger partial charge in [0.1, 0.15) is 12.2 Å². The van der Waals surface area contributed by atoms with E-state index in [1.54, 1.807) is 29.2 Å². The topological polar surface area (TPSA) is 84.3 Å². The van der Waals surface area contributed by atoms with Gasteiger partial charge in [-0.2, -0.15) is 5.10 Å². The molecule has 1 aliphatic heterocycles. The maximum Gasteiger partial charge on any atom is 0.278 e. The van der Waals surface area contributed by atoms with Crippen molar-refractivity contribution in [3.8, 4) is 0 Å². The monoisotopic (exact) mass is 466 g/mol. The molecule has 0 fully saturated rings. The third kappa shape index (κ3) is 4.04. The first-order valence-corrected chi connectivity index (χ1v) is 10.3. The van der Waals surface area contributed by atoms with Gasteiger partial charge in [0, 0.05) is 28.0 Å². The Bertz CT molecular complexity index is 1170. The van der Waals surface area contributed by atoms with Crippen LogP contribution in [0.25, 0.3) is 0 Å². The largest absolute Gasteiger partial charge is 0.324 e. The summed E-state index contributed by atoms with van der Waals surface area (Å²) in [6, 6.07) is 17.5. The van der Waals surface area contributed by atoms with Crippen LogP contribution in [0.1, 0.15) is 23.0 Å². The molecule has 2 aromatic carbocycles. The number of benzene rings is 2. The average molecular weight is 467 g/mol. The lowest BCUT2D eigenvalue weighted by Gasteiger charge is -2.22. The van der Waals surface area contributed by atoms with Crippen molar-refractivity contribution in [2.24, 2.45) is 0 Å². The first-order chi connectivity index (χ1) is 14.4. The molecule has 1 atom stereocenters. The Morgan fingerprint density at radius 2 is 1.83 bits per heavy atom. The number of carbonyl (C=O) groups excluding carboxylic acids is 2. The number of nitrogens with one attached hydrogen (secondary N) is 1. The summed E-state index contributed by atoms with van der Waals surface area (Å²) in [5, 5.41) is 6.88. The summed E-state index contributed by atoms with van der Waals surface area (Å²) in [5.74, 6) is -0.703. The molecular weight excluding hydrogens is 448 g/mol. The predicted molar refractivity (Wildman–Crippen MR) is 118 cm³/mol. The Hall–Kier alpha value is -3.26. The number of anilines is 2. The van der Waals surface area contributed by atoms with E-state index in [4.69, 9.17) is 0 Å². The van der Waals surface area contributed by atoms with Crippen molar-refractivity contribution in [3.05, 3.63) is 86.7 Å². The lowest BCUT2D eigenvalue weighted by Crippen LogP contribution is -2.38. The minimum absolute atomic E-state index is 0.0159. The molecule has 0 aliphatic carbocycles. The van der Waals surface area contributed by atoms with Crippen LogP contribution in [-0.2, 0) is 17.8 Å². The normalized spacial score (nSPS) is 15.0. The van der Waals surface area contributed by atoms with Gasteiger partial charge in [-0.05, 0) is 55.3 Å². The number of nitrogens with zero attached hydrogens (tertiary/aromatic N) is 3. The molecule has 2 heterocycles. The van der Waals surface area contributed by atoms with Gasteiger partial charge in [0.15, 0.2) is 0 Å². The van der Waals surface area contributed by atoms with Gasteiger partial charge in [-0.15, -0.1) is 0 Å². The number of hydrogen-bond acceptors (Lipinski definition) is 4. The van der Waals surface area contributed by atoms with Crippen LogP contribution in [0.2, 0.25) is 0 Å². The minimum atomic E-state index is -0.452. The van der Waals surface area contributed by atoms with Crippen LogP contribution in [0, 0.1) is 0 Å². The summed E-state index contributed by atoms with van der Waals surface area (Å²) in [6.45, 7) is 1.68. The molecule has 7 nitrogen and oxygen atoms in total. The molecule has 0 spiro atoms. The molecule has 1 aliphatic rings. The number of para-hydroxylation sites is 1. The van der Waals surface area contributed by atoms with Crippen molar-refractivity contribution in [3.63, 3.8) is 0 Å². The van der Waals surface area contributed by atoms with Crippen LogP contribution in [0.4, 0.5) is 11.4 Å². The molecule has 8 heteroatoms. The number of halogens is 1. The molecule has 0 saturated carbocycles. The summed E-state index contributed by atoms with van der Waals surface area (Å²) < 4.78 is 1.90. The fourth-order valence-electron chi connectivity index (χ4n) is 3.54. The van der Waals surface area contributed by atoms with Crippen molar-refractivity contribution in [1.29, 1.82) is 0 Å². The van der Waals surface area contributed by atoms with Crippen molar-refractivity contribution in [1.82, 2.24) is 9.78 Å². The smallest absolute Gasteiger partial charge is 0.278 e. The highest BCUT2D eigenvalue weighted by molar-refractivity contribution is 9.10. The highest BCUT2D eigenvalue weighted by Crippen LogP contribution is 2.32. The molecule has 1 N–H and O–H groups in total. The molecule has 30 heavy (non-hydrogen) atoms. The van der Waals surface area contributed by atoms with Crippen LogP contribution < -0.4 is 15.8 Å². The van der Waals surface area contributed by atoms with Crippen molar-refractivity contribution in [2.45, 2.75) is 25.9 Å². The molecule has 0 radical (unpaired) electrons. The zero-order valence-electron chi connectivity index (χ0n) is 16.2. The van der Waals surface area contributed by atoms with E-state index in [0.717, 1.165) is 26.8 Å².